The van der Waals surface area contributed by atoms with E-state index >= 15 is 0 Å². The van der Waals surface area contributed by atoms with Crippen LogP contribution in [0, 0.1) is 0 Å². The number of carbonyl (C=O) groups is 1. The number of rotatable bonds is 7. The van der Waals surface area contributed by atoms with Crippen LogP contribution >= 0.6 is 0 Å². The van der Waals surface area contributed by atoms with Gasteiger partial charge in [0.2, 0.25) is 10.0 Å². The number of hydrogen-bond donors (Lipinski definition) is 1. The van der Waals surface area contributed by atoms with E-state index in [4.69, 9.17) is 0 Å². The summed E-state index contributed by atoms with van der Waals surface area (Å²) in [5, 5.41) is 10.5. The smallest absolute Gasteiger partial charge is 0.273 e. The van der Waals surface area contributed by atoms with E-state index in [1.165, 1.54) is 35.4 Å². The van der Waals surface area contributed by atoms with Crippen molar-refractivity contribution in [1.29, 1.82) is 0 Å². The molecule has 11 heteroatoms. The third-order valence-electron chi connectivity index (χ3n) is 5.02. The number of alkyl halides is 1. The summed E-state index contributed by atoms with van der Waals surface area (Å²) in [4.78, 5) is 16.2. The van der Waals surface area contributed by atoms with Gasteiger partial charge in [-0.15, -0.1) is 5.10 Å². The summed E-state index contributed by atoms with van der Waals surface area (Å²) in [6, 6.07) is 11.7. The highest BCUT2D eigenvalue weighted by atomic mass is 32.2. The minimum atomic E-state index is -3.90. The van der Waals surface area contributed by atoms with Gasteiger partial charge in [0.15, 0.2) is 5.69 Å². The van der Waals surface area contributed by atoms with Gasteiger partial charge in [-0.05, 0) is 24.1 Å². The van der Waals surface area contributed by atoms with E-state index in [1.807, 2.05) is 30.3 Å². The maximum absolute atomic E-state index is 14.1. The van der Waals surface area contributed by atoms with Crippen molar-refractivity contribution < 1.29 is 17.6 Å². The standard InChI is InChI=1S/C20H21FN6O3S/c21-16-9-17(27(12-16)31(29,30)18-7-4-8-22-11-18)13-26-14-19(24-25-26)20(28)23-10-15-5-2-1-3-6-15/h1-8,11,14,16-17H,9-10,12-13H2,(H,23,28)/t16-,17-/m0/s1. The highest BCUT2D eigenvalue weighted by Crippen LogP contribution is 2.28. The number of carbonyl (C=O) groups excluding carboxylic acids is 1. The first-order valence-electron chi connectivity index (χ1n) is 9.71. The van der Waals surface area contributed by atoms with Crippen LogP contribution in [0.15, 0.2) is 66.0 Å². The van der Waals surface area contributed by atoms with Gasteiger partial charge in [-0.1, -0.05) is 35.5 Å². The Balaban J connectivity index is 1.44. The summed E-state index contributed by atoms with van der Waals surface area (Å²) in [7, 11) is -3.90. The lowest BCUT2D eigenvalue weighted by atomic mass is 10.2. The monoisotopic (exact) mass is 444 g/mol. The van der Waals surface area contributed by atoms with Crippen LogP contribution in [0.5, 0.6) is 0 Å². The third-order valence-corrected chi connectivity index (χ3v) is 6.92. The molecule has 0 aliphatic carbocycles. The quantitative estimate of drug-likeness (QED) is 0.590. The van der Waals surface area contributed by atoms with E-state index in [0.29, 0.717) is 6.54 Å². The molecule has 3 heterocycles. The first-order valence-corrected chi connectivity index (χ1v) is 11.2. The van der Waals surface area contributed by atoms with Crippen LogP contribution < -0.4 is 5.32 Å². The summed E-state index contributed by atoms with van der Waals surface area (Å²) >= 11 is 0. The van der Waals surface area contributed by atoms with Crippen molar-refractivity contribution in [3.8, 4) is 0 Å². The molecule has 9 nitrogen and oxygen atoms in total. The molecule has 1 aliphatic rings. The number of amides is 1. The average Bonchev–Trinajstić information content (AvgIpc) is 3.40. The second kappa shape index (κ2) is 8.90. The number of hydrogen-bond acceptors (Lipinski definition) is 6. The molecule has 0 saturated carbocycles. The summed E-state index contributed by atoms with van der Waals surface area (Å²) in [5.74, 6) is -0.398. The van der Waals surface area contributed by atoms with Gasteiger partial charge in [0, 0.05) is 31.5 Å². The van der Waals surface area contributed by atoms with Crippen molar-refractivity contribution in [3.63, 3.8) is 0 Å². The summed E-state index contributed by atoms with van der Waals surface area (Å²) < 4.78 is 42.5. The molecular weight excluding hydrogens is 423 g/mol. The maximum Gasteiger partial charge on any atom is 0.273 e. The largest absolute Gasteiger partial charge is 0.347 e. The molecule has 3 aromatic rings. The predicted octanol–water partition coefficient (Wildman–Crippen LogP) is 1.40. The zero-order chi connectivity index (χ0) is 21.8. The number of aromatic nitrogens is 4. The van der Waals surface area contributed by atoms with Gasteiger partial charge in [0.25, 0.3) is 5.91 Å². The maximum atomic E-state index is 14.1. The van der Waals surface area contributed by atoms with Crippen molar-refractivity contribution in [2.75, 3.05) is 6.54 Å². The fourth-order valence-corrected chi connectivity index (χ4v) is 5.12. The molecule has 0 spiro atoms. The van der Waals surface area contributed by atoms with Crippen LogP contribution in [0.3, 0.4) is 0 Å². The number of nitrogens with one attached hydrogen (secondary N) is 1. The lowest BCUT2D eigenvalue weighted by molar-refractivity contribution is 0.0945. The van der Waals surface area contributed by atoms with Gasteiger partial charge in [0.05, 0.1) is 12.7 Å². The van der Waals surface area contributed by atoms with Crippen molar-refractivity contribution in [3.05, 3.63) is 72.3 Å². The molecule has 1 fully saturated rings. The number of halogens is 1. The highest BCUT2D eigenvalue weighted by Gasteiger charge is 2.41. The topological polar surface area (TPSA) is 110 Å². The Morgan fingerprint density at radius 3 is 2.74 bits per heavy atom. The first kappa shape index (κ1) is 21.1. The summed E-state index contributed by atoms with van der Waals surface area (Å²) in [6.45, 7) is 0.190. The van der Waals surface area contributed by atoms with E-state index in [9.17, 15) is 17.6 Å². The zero-order valence-corrected chi connectivity index (χ0v) is 17.3. The molecular formula is C20H21FN6O3S. The molecule has 2 aromatic heterocycles. The minimum absolute atomic E-state index is 0.00803. The Bertz CT molecular complexity index is 1140. The third kappa shape index (κ3) is 4.78. The Morgan fingerprint density at radius 1 is 1.19 bits per heavy atom. The molecule has 0 unspecified atom stereocenters. The van der Waals surface area contributed by atoms with Crippen LogP contribution in [0.25, 0.3) is 0 Å². The van der Waals surface area contributed by atoms with E-state index in [2.05, 4.69) is 20.6 Å². The molecule has 0 bridgehead atoms. The van der Waals surface area contributed by atoms with E-state index in [1.54, 1.807) is 0 Å². The number of pyridine rings is 1. The van der Waals surface area contributed by atoms with Gasteiger partial charge in [-0.3, -0.25) is 14.5 Å². The van der Waals surface area contributed by atoms with Gasteiger partial charge in [-0.25, -0.2) is 12.8 Å². The fourth-order valence-electron chi connectivity index (χ4n) is 3.50. The van der Waals surface area contributed by atoms with Crippen molar-refractivity contribution >= 4 is 15.9 Å². The zero-order valence-electron chi connectivity index (χ0n) is 16.5. The predicted molar refractivity (Wildman–Crippen MR) is 109 cm³/mol. The molecule has 1 saturated heterocycles. The highest BCUT2D eigenvalue weighted by molar-refractivity contribution is 7.89. The number of benzene rings is 1. The summed E-state index contributed by atoms with van der Waals surface area (Å²) in [5.41, 5.74) is 1.05. The molecule has 162 valence electrons. The Labute approximate surface area is 179 Å². The molecule has 0 radical (unpaired) electrons. The lowest BCUT2D eigenvalue weighted by Gasteiger charge is -2.23. The van der Waals surface area contributed by atoms with E-state index in [-0.39, 0.29) is 30.1 Å². The Kier molecular flexibility index (Phi) is 6.05. The van der Waals surface area contributed by atoms with Crippen molar-refractivity contribution in [1.82, 2.24) is 29.6 Å². The molecule has 1 N–H and O–H groups in total. The molecule has 1 aromatic carbocycles. The average molecular weight is 444 g/mol. The van der Waals surface area contributed by atoms with Crippen molar-refractivity contribution in [2.24, 2.45) is 0 Å². The van der Waals surface area contributed by atoms with Crippen LogP contribution in [0.1, 0.15) is 22.5 Å². The summed E-state index contributed by atoms with van der Waals surface area (Å²) in [6.07, 6.45) is 2.89. The second-order valence-electron chi connectivity index (χ2n) is 7.24. The number of nitrogens with zero attached hydrogens (tertiary/aromatic N) is 5. The van der Waals surface area contributed by atoms with Crippen LogP contribution in [-0.4, -0.2) is 57.4 Å². The SMILES string of the molecule is O=C(NCc1ccccc1)c1cn(C[C@@H]2C[C@H](F)CN2S(=O)(=O)c2cccnc2)nn1. The van der Waals surface area contributed by atoms with Gasteiger partial charge in [-0.2, -0.15) is 4.31 Å². The van der Waals surface area contributed by atoms with Gasteiger partial charge in [0.1, 0.15) is 11.1 Å². The van der Waals surface area contributed by atoms with Crippen LogP contribution in [0.4, 0.5) is 4.39 Å². The Hall–Kier alpha value is -3.18. The molecule has 31 heavy (non-hydrogen) atoms. The molecule has 2 atom stereocenters. The van der Waals surface area contributed by atoms with Crippen molar-refractivity contribution in [2.45, 2.75) is 36.6 Å². The number of sulfonamides is 1. The van der Waals surface area contributed by atoms with Gasteiger partial charge >= 0.3 is 0 Å². The lowest BCUT2D eigenvalue weighted by Crippen LogP contribution is -2.38. The van der Waals surface area contributed by atoms with E-state index < -0.39 is 28.1 Å². The normalized spacial score (nSPS) is 19.4. The van der Waals surface area contributed by atoms with E-state index in [0.717, 1.165) is 9.87 Å². The van der Waals surface area contributed by atoms with Gasteiger partial charge < -0.3 is 5.32 Å². The Morgan fingerprint density at radius 2 is 2.00 bits per heavy atom. The first-order chi connectivity index (χ1) is 14.9. The molecule has 1 aliphatic heterocycles. The fraction of sp³-hybridized carbons (Fsp3) is 0.300. The second-order valence-corrected chi connectivity index (χ2v) is 9.13. The van der Waals surface area contributed by atoms with Crippen LogP contribution in [-0.2, 0) is 23.1 Å². The molecule has 1 amide bonds. The van der Waals surface area contributed by atoms with Crippen LogP contribution in [0.2, 0.25) is 0 Å². The molecule has 4 rings (SSSR count). The minimum Gasteiger partial charge on any atom is -0.347 e.